The lowest BCUT2D eigenvalue weighted by Crippen LogP contribution is -2.14. The molecule has 1 aromatic carbocycles. The van der Waals surface area contributed by atoms with E-state index in [-0.39, 0.29) is 17.5 Å². The number of nitrogens with two attached hydrogens (primary N) is 1. The van der Waals surface area contributed by atoms with Gasteiger partial charge >= 0.3 is 0 Å². The largest absolute Gasteiger partial charge is 0.384 e. The number of anilines is 1. The van der Waals surface area contributed by atoms with Gasteiger partial charge in [-0.1, -0.05) is 27.5 Å². The van der Waals surface area contributed by atoms with E-state index < -0.39 is 9.84 Å². The zero-order valence-corrected chi connectivity index (χ0v) is 14.1. The van der Waals surface area contributed by atoms with E-state index in [1.807, 2.05) is 12.1 Å². The first kappa shape index (κ1) is 14.9. The Labute approximate surface area is 136 Å². The first-order valence-corrected chi connectivity index (χ1v) is 9.36. The number of rotatable bonds is 2. The summed E-state index contributed by atoms with van der Waals surface area (Å²) >= 11 is 9.59. The molecule has 0 spiro atoms. The van der Waals surface area contributed by atoms with Crippen LogP contribution in [0.1, 0.15) is 12.5 Å². The topological polar surface area (TPSA) is 78.0 Å². The molecule has 0 aliphatic carbocycles. The van der Waals surface area contributed by atoms with Gasteiger partial charge < -0.3 is 5.73 Å². The maximum Gasteiger partial charge on any atom is 0.152 e. The van der Waals surface area contributed by atoms with Crippen molar-refractivity contribution in [3.63, 3.8) is 0 Å². The molecule has 112 valence electrons. The van der Waals surface area contributed by atoms with E-state index in [9.17, 15) is 8.42 Å². The molecule has 1 unspecified atom stereocenters. The monoisotopic (exact) mass is 389 g/mol. The summed E-state index contributed by atoms with van der Waals surface area (Å²) in [6, 6.07) is 7.00. The first-order valence-electron chi connectivity index (χ1n) is 6.36. The Morgan fingerprint density at radius 2 is 2.14 bits per heavy atom. The molecule has 1 aliphatic heterocycles. The summed E-state index contributed by atoms with van der Waals surface area (Å²) in [5, 5.41) is 5.02. The van der Waals surface area contributed by atoms with Crippen molar-refractivity contribution in [3.05, 3.63) is 33.8 Å². The summed E-state index contributed by atoms with van der Waals surface area (Å²) in [5.74, 6) is 0.720. The second kappa shape index (κ2) is 5.30. The Morgan fingerprint density at radius 3 is 2.81 bits per heavy atom. The highest BCUT2D eigenvalue weighted by Gasteiger charge is 2.31. The molecule has 21 heavy (non-hydrogen) atoms. The predicted molar refractivity (Wildman–Crippen MR) is 87.1 cm³/mol. The number of hydrogen-bond donors (Lipinski definition) is 1. The second-order valence-electron chi connectivity index (χ2n) is 5.08. The second-order valence-corrected chi connectivity index (χ2v) is 8.63. The summed E-state index contributed by atoms with van der Waals surface area (Å²) in [6.45, 7) is 0. The number of hydrogen-bond acceptors (Lipinski definition) is 4. The smallest absolute Gasteiger partial charge is 0.152 e. The fraction of sp³-hybridized carbons (Fsp3) is 0.308. The average molecular weight is 391 g/mol. The molecule has 2 heterocycles. The van der Waals surface area contributed by atoms with Crippen molar-refractivity contribution in [1.82, 2.24) is 9.78 Å². The highest BCUT2D eigenvalue weighted by atomic mass is 79.9. The van der Waals surface area contributed by atoms with Crippen LogP contribution in [0.5, 0.6) is 0 Å². The van der Waals surface area contributed by atoms with Gasteiger partial charge in [0.05, 0.1) is 28.3 Å². The standard InChI is InChI=1S/C13H13BrClN3O2S/c14-8-1-2-11(15)10(5-8)12-6-13(16)18(17-12)9-3-4-21(19,20)7-9/h1-2,5-6,9H,3-4,7,16H2. The fourth-order valence-electron chi connectivity index (χ4n) is 2.50. The van der Waals surface area contributed by atoms with Crippen LogP contribution in [0.2, 0.25) is 5.02 Å². The van der Waals surface area contributed by atoms with E-state index in [1.165, 1.54) is 0 Å². The van der Waals surface area contributed by atoms with Crippen molar-refractivity contribution in [3.8, 4) is 11.3 Å². The summed E-state index contributed by atoms with van der Waals surface area (Å²) in [6.07, 6.45) is 0.542. The molecule has 1 atom stereocenters. The van der Waals surface area contributed by atoms with E-state index in [2.05, 4.69) is 21.0 Å². The van der Waals surface area contributed by atoms with E-state index in [4.69, 9.17) is 17.3 Å². The summed E-state index contributed by atoms with van der Waals surface area (Å²) in [5.41, 5.74) is 7.39. The van der Waals surface area contributed by atoms with Crippen LogP contribution in [0, 0.1) is 0 Å². The molecule has 1 fully saturated rings. The quantitative estimate of drug-likeness (QED) is 0.855. The van der Waals surface area contributed by atoms with Crippen molar-refractivity contribution in [2.45, 2.75) is 12.5 Å². The van der Waals surface area contributed by atoms with Gasteiger partial charge in [-0.3, -0.25) is 0 Å². The summed E-state index contributed by atoms with van der Waals surface area (Å²) in [7, 11) is -2.98. The number of aromatic nitrogens is 2. The van der Waals surface area contributed by atoms with Crippen molar-refractivity contribution in [2.75, 3.05) is 17.2 Å². The fourth-order valence-corrected chi connectivity index (χ4v) is 4.76. The minimum absolute atomic E-state index is 0.0878. The Balaban J connectivity index is 2.00. The lowest BCUT2D eigenvalue weighted by molar-refractivity contribution is 0.508. The molecule has 5 nitrogen and oxygen atoms in total. The maximum absolute atomic E-state index is 11.6. The van der Waals surface area contributed by atoms with Crippen LogP contribution < -0.4 is 5.73 Å². The number of halogens is 2. The van der Waals surface area contributed by atoms with Gasteiger partial charge in [0.1, 0.15) is 5.82 Å². The number of nitrogens with zero attached hydrogens (tertiary/aromatic N) is 2. The lowest BCUT2D eigenvalue weighted by Gasteiger charge is -2.10. The molecule has 0 radical (unpaired) electrons. The van der Waals surface area contributed by atoms with Gasteiger partial charge in [-0.15, -0.1) is 0 Å². The predicted octanol–water partition coefficient (Wildman–Crippen LogP) is 2.91. The molecule has 1 aliphatic rings. The molecule has 1 aromatic heterocycles. The van der Waals surface area contributed by atoms with Crippen LogP contribution in [-0.2, 0) is 9.84 Å². The Kier molecular flexibility index (Phi) is 3.75. The van der Waals surface area contributed by atoms with E-state index in [0.29, 0.717) is 23.0 Å². The first-order chi connectivity index (χ1) is 9.85. The normalized spacial score (nSPS) is 20.8. The zero-order valence-electron chi connectivity index (χ0n) is 11.0. The number of sulfone groups is 1. The molecule has 0 saturated carbocycles. The van der Waals surface area contributed by atoms with E-state index in [1.54, 1.807) is 16.8 Å². The van der Waals surface area contributed by atoms with Gasteiger partial charge in [0, 0.05) is 16.1 Å². The lowest BCUT2D eigenvalue weighted by atomic mass is 10.1. The SMILES string of the molecule is Nc1cc(-c2cc(Br)ccc2Cl)nn1C1CCS(=O)(=O)C1. The van der Waals surface area contributed by atoms with Crippen LogP contribution in [0.4, 0.5) is 5.82 Å². The van der Waals surface area contributed by atoms with Crippen LogP contribution in [-0.4, -0.2) is 29.7 Å². The Hall–Kier alpha value is -1.05. The van der Waals surface area contributed by atoms with Gasteiger partial charge in [-0.05, 0) is 24.6 Å². The van der Waals surface area contributed by atoms with Crippen molar-refractivity contribution in [2.24, 2.45) is 0 Å². The Bertz CT molecular complexity index is 804. The van der Waals surface area contributed by atoms with Crippen molar-refractivity contribution >= 4 is 43.2 Å². The van der Waals surface area contributed by atoms with Gasteiger partial charge in [0.25, 0.3) is 0 Å². The average Bonchev–Trinajstić information content (AvgIpc) is 2.95. The van der Waals surface area contributed by atoms with Crippen LogP contribution in [0.25, 0.3) is 11.3 Å². The molecule has 2 aromatic rings. The highest BCUT2D eigenvalue weighted by Crippen LogP contribution is 2.33. The molecule has 0 amide bonds. The Morgan fingerprint density at radius 1 is 1.38 bits per heavy atom. The number of nitrogen functional groups attached to an aromatic ring is 1. The summed E-state index contributed by atoms with van der Waals surface area (Å²) in [4.78, 5) is 0. The minimum Gasteiger partial charge on any atom is -0.384 e. The van der Waals surface area contributed by atoms with E-state index in [0.717, 1.165) is 10.0 Å². The molecular formula is C13H13BrClN3O2S. The maximum atomic E-state index is 11.6. The molecule has 3 rings (SSSR count). The molecule has 8 heteroatoms. The molecule has 2 N–H and O–H groups in total. The third kappa shape index (κ3) is 2.95. The van der Waals surface area contributed by atoms with Crippen molar-refractivity contribution < 1.29 is 8.42 Å². The van der Waals surface area contributed by atoms with Crippen LogP contribution in [0.3, 0.4) is 0 Å². The van der Waals surface area contributed by atoms with Gasteiger partial charge in [-0.2, -0.15) is 5.10 Å². The molecule has 0 bridgehead atoms. The van der Waals surface area contributed by atoms with Crippen LogP contribution in [0.15, 0.2) is 28.7 Å². The van der Waals surface area contributed by atoms with Gasteiger partial charge in [0.2, 0.25) is 0 Å². The van der Waals surface area contributed by atoms with Crippen molar-refractivity contribution in [1.29, 1.82) is 0 Å². The third-order valence-electron chi connectivity index (χ3n) is 3.52. The minimum atomic E-state index is -2.98. The molecule has 1 saturated heterocycles. The van der Waals surface area contributed by atoms with E-state index >= 15 is 0 Å². The van der Waals surface area contributed by atoms with Crippen LogP contribution >= 0.6 is 27.5 Å². The van der Waals surface area contributed by atoms with Gasteiger partial charge in [0.15, 0.2) is 9.84 Å². The summed E-state index contributed by atoms with van der Waals surface area (Å²) < 4.78 is 25.7. The number of benzene rings is 1. The third-order valence-corrected chi connectivity index (χ3v) is 6.10. The van der Waals surface area contributed by atoms with Gasteiger partial charge in [-0.25, -0.2) is 13.1 Å². The molecular weight excluding hydrogens is 378 g/mol. The zero-order chi connectivity index (χ0) is 15.2. The highest BCUT2D eigenvalue weighted by molar-refractivity contribution is 9.10.